The molecule has 5 heteroatoms. The first kappa shape index (κ1) is 17.4. The van der Waals surface area contributed by atoms with Crippen molar-refractivity contribution in [3.63, 3.8) is 0 Å². The lowest BCUT2D eigenvalue weighted by Gasteiger charge is -2.36. The molecular weight excluding hydrogens is 297 g/mol. The minimum Gasteiger partial charge on any atom is -0.481 e. The van der Waals surface area contributed by atoms with Crippen molar-refractivity contribution in [1.82, 2.24) is 4.90 Å². The van der Waals surface area contributed by atoms with Gasteiger partial charge < -0.3 is 10.0 Å². The summed E-state index contributed by atoms with van der Waals surface area (Å²) in [6.07, 6.45) is 3.66. The van der Waals surface area contributed by atoms with Gasteiger partial charge in [-0.25, -0.2) is 4.39 Å². The van der Waals surface area contributed by atoms with E-state index in [9.17, 15) is 14.0 Å². The second-order valence-electron chi connectivity index (χ2n) is 6.30. The maximum Gasteiger partial charge on any atom is 0.303 e. The third-order valence-electron chi connectivity index (χ3n) is 4.56. The van der Waals surface area contributed by atoms with Crippen molar-refractivity contribution in [1.29, 1.82) is 0 Å². The highest BCUT2D eigenvalue weighted by molar-refractivity contribution is 5.77. The van der Waals surface area contributed by atoms with Crippen molar-refractivity contribution in [2.75, 3.05) is 6.54 Å². The van der Waals surface area contributed by atoms with Crippen molar-refractivity contribution in [2.45, 2.75) is 57.4 Å². The molecule has 1 heterocycles. The molecule has 0 aromatic heterocycles. The van der Waals surface area contributed by atoms with Crippen LogP contribution in [0.15, 0.2) is 24.3 Å². The lowest BCUT2D eigenvalue weighted by atomic mass is 9.93. The number of benzene rings is 1. The van der Waals surface area contributed by atoms with E-state index in [1.165, 1.54) is 6.07 Å². The largest absolute Gasteiger partial charge is 0.481 e. The van der Waals surface area contributed by atoms with Crippen LogP contribution in [0.2, 0.25) is 0 Å². The van der Waals surface area contributed by atoms with E-state index in [1.807, 2.05) is 11.8 Å². The predicted octanol–water partition coefficient (Wildman–Crippen LogP) is 3.57. The summed E-state index contributed by atoms with van der Waals surface area (Å²) in [6.45, 7) is 2.53. The summed E-state index contributed by atoms with van der Waals surface area (Å²) < 4.78 is 13.8. The van der Waals surface area contributed by atoms with Crippen LogP contribution in [0.5, 0.6) is 0 Å². The number of halogens is 1. The molecule has 2 rings (SSSR count). The third-order valence-corrected chi connectivity index (χ3v) is 4.56. The Morgan fingerprint density at radius 1 is 1.35 bits per heavy atom. The quantitative estimate of drug-likeness (QED) is 0.871. The van der Waals surface area contributed by atoms with Gasteiger partial charge in [0.2, 0.25) is 5.91 Å². The second kappa shape index (κ2) is 8.09. The van der Waals surface area contributed by atoms with Crippen molar-refractivity contribution < 1.29 is 19.1 Å². The normalized spacial score (nSPS) is 19.4. The van der Waals surface area contributed by atoms with E-state index in [0.717, 1.165) is 19.3 Å². The number of nitrogens with zero attached hydrogens (tertiary/aromatic N) is 1. The number of rotatable bonds is 6. The minimum absolute atomic E-state index is 0.000158. The summed E-state index contributed by atoms with van der Waals surface area (Å²) in [5.74, 6) is -1.31. The predicted molar refractivity (Wildman–Crippen MR) is 85.7 cm³/mol. The summed E-state index contributed by atoms with van der Waals surface area (Å²) >= 11 is 0. The van der Waals surface area contributed by atoms with Crippen molar-refractivity contribution in [3.05, 3.63) is 35.6 Å². The van der Waals surface area contributed by atoms with Crippen LogP contribution in [0.3, 0.4) is 0 Å². The van der Waals surface area contributed by atoms with Gasteiger partial charge in [-0.3, -0.25) is 9.59 Å². The molecule has 1 aliphatic rings. The number of likely N-dealkylation sites (tertiary alicyclic amines) is 1. The Morgan fingerprint density at radius 2 is 2.09 bits per heavy atom. The molecule has 1 fully saturated rings. The van der Waals surface area contributed by atoms with Crippen molar-refractivity contribution >= 4 is 11.9 Å². The highest BCUT2D eigenvalue weighted by Crippen LogP contribution is 2.26. The monoisotopic (exact) mass is 321 g/mol. The van der Waals surface area contributed by atoms with E-state index in [0.29, 0.717) is 18.5 Å². The van der Waals surface area contributed by atoms with Crippen molar-refractivity contribution in [2.24, 2.45) is 0 Å². The van der Waals surface area contributed by atoms with Crippen LogP contribution in [-0.4, -0.2) is 34.5 Å². The van der Waals surface area contributed by atoms with Crippen molar-refractivity contribution in [3.8, 4) is 0 Å². The SMILES string of the molecule is C[C@@H](CC(=O)N1CCCC[C@H]1CCC(=O)O)c1ccccc1F. The first-order chi connectivity index (χ1) is 11.0. The van der Waals surface area contributed by atoms with Crippen LogP contribution in [0.1, 0.15) is 56.9 Å². The fourth-order valence-electron chi connectivity index (χ4n) is 3.28. The van der Waals surface area contributed by atoms with Gasteiger partial charge in [0.05, 0.1) is 0 Å². The van der Waals surface area contributed by atoms with E-state index in [-0.39, 0.29) is 36.5 Å². The maximum absolute atomic E-state index is 13.8. The van der Waals surface area contributed by atoms with E-state index < -0.39 is 5.97 Å². The molecule has 1 aromatic carbocycles. The third kappa shape index (κ3) is 4.78. The Hall–Kier alpha value is -1.91. The van der Waals surface area contributed by atoms with Gasteiger partial charge in [0.15, 0.2) is 0 Å². The van der Waals surface area contributed by atoms with E-state index in [2.05, 4.69) is 0 Å². The van der Waals surface area contributed by atoms with E-state index in [1.54, 1.807) is 18.2 Å². The molecule has 126 valence electrons. The molecule has 1 aromatic rings. The highest BCUT2D eigenvalue weighted by Gasteiger charge is 2.28. The lowest BCUT2D eigenvalue weighted by molar-refractivity contribution is -0.140. The van der Waals surface area contributed by atoms with Crippen LogP contribution >= 0.6 is 0 Å². The van der Waals surface area contributed by atoms with E-state index in [4.69, 9.17) is 5.11 Å². The fraction of sp³-hybridized carbons (Fsp3) is 0.556. The molecule has 0 unspecified atom stereocenters. The molecule has 1 aliphatic heterocycles. The number of amides is 1. The van der Waals surface area contributed by atoms with Gasteiger partial charge in [-0.1, -0.05) is 25.1 Å². The number of aliphatic carboxylic acids is 1. The summed E-state index contributed by atoms with van der Waals surface area (Å²) in [5, 5.41) is 8.85. The summed E-state index contributed by atoms with van der Waals surface area (Å²) in [6, 6.07) is 6.54. The average molecular weight is 321 g/mol. The van der Waals surface area contributed by atoms with Gasteiger partial charge in [-0.15, -0.1) is 0 Å². The lowest BCUT2D eigenvalue weighted by Crippen LogP contribution is -2.44. The molecule has 23 heavy (non-hydrogen) atoms. The number of carboxylic acids is 1. The maximum atomic E-state index is 13.8. The zero-order valence-corrected chi connectivity index (χ0v) is 13.5. The standard InChI is InChI=1S/C18H24FNO3/c1-13(15-7-2-3-8-16(15)19)12-17(21)20-11-5-4-6-14(20)9-10-18(22)23/h2-3,7-8,13-14H,4-6,9-12H2,1H3,(H,22,23)/t13-,14-/m0/s1. The number of carbonyl (C=O) groups excluding carboxylic acids is 1. The number of hydrogen-bond acceptors (Lipinski definition) is 2. The minimum atomic E-state index is -0.831. The Bertz CT molecular complexity index is 561. The van der Waals surface area contributed by atoms with Gasteiger partial charge >= 0.3 is 5.97 Å². The molecule has 1 N–H and O–H groups in total. The van der Waals surface area contributed by atoms with Crippen LogP contribution < -0.4 is 0 Å². The molecule has 4 nitrogen and oxygen atoms in total. The van der Waals surface area contributed by atoms with Crippen LogP contribution in [0.25, 0.3) is 0 Å². The smallest absolute Gasteiger partial charge is 0.303 e. The Labute approximate surface area is 136 Å². The molecule has 0 radical (unpaired) electrons. The van der Waals surface area contributed by atoms with Crippen LogP contribution in [0.4, 0.5) is 4.39 Å². The van der Waals surface area contributed by atoms with Gasteiger partial charge in [-0.05, 0) is 43.2 Å². The number of hydrogen-bond donors (Lipinski definition) is 1. The van der Waals surface area contributed by atoms with Gasteiger partial charge in [0, 0.05) is 25.4 Å². The molecule has 1 amide bonds. The summed E-state index contributed by atoms with van der Waals surface area (Å²) in [4.78, 5) is 25.2. The van der Waals surface area contributed by atoms with Gasteiger partial charge in [-0.2, -0.15) is 0 Å². The fourth-order valence-corrected chi connectivity index (χ4v) is 3.28. The zero-order chi connectivity index (χ0) is 16.8. The number of piperidine rings is 1. The van der Waals surface area contributed by atoms with Crippen LogP contribution in [-0.2, 0) is 9.59 Å². The molecule has 0 saturated carbocycles. The summed E-state index contributed by atoms with van der Waals surface area (Å²) in [5.41, 5.74) is 0.556. The van der Waals surface area contributed by atoms with Gasteiger partial charge in [0.25, 0.3) is 0 Å². The molecule has 0 bridgehead atoms. The summed E-state index contributed by atoms with van der Waals surface area (Å²) in [7, 11) is 0. The molecule has 0 aliphatic carbocycles. The number of carbonyl (C=O) groups is 2. The first-order valence-corrected chi connectivity index (χ1v) is 8.24. The molecule has 2 atom stereocenters. The Morgan fingerprint density at radius 3 is 2.78 bits per heavy atom. The van der Waals surface area contributed by atoms with E-state index >= 15 is 0 Å². The Kier molecular flexibility index (Phi) is 6.13. The first-order valence-electron chi connectivity index (χ1n) is 8.24. The molecule has 0 spiro atoms. The molecule has 1 saturated heterocycles. The molecular formula is C18H24FNO3. The Balaban J connectivity index is 1.99. The number of carboxylic acid groups (broad SMARTS) is 1. The highest BCUT2D eigenvalue weighted by atomic mass is 19.1. The van der Waals surface area contributed by atoms with Gasteiger partial charge in [0.1, 0.15) is 5.82 Å². The zero-order valence-electron chi connectivity index (χ0n) is 13.5. The topological polar surface area (TPSA) is 57.6 Å². The van der Waals surface area contributed by atoms with Crippen LogP contribution in [0, 0.1) is 5.82 Å². The second-order valence-corrected chi connectivity index (χ2v) is 6.30. The average Bonchev–Trinajstić information content (AvgIpc) is 2.53.